The van der Waals surface area contributed by atoms with E-state index in [2.05, 4.69) is 84.5 Å². The topological polar surface area (TPSA) is 34.1 Å². The summed E-state index contributed by atoms with van der Waals surface area (Å²) in [4.78, 5) is 22.3. The minimum Gasteiger partial charge on any atom is -0.294 e. The summed E-state index contributed by atoms with van der Waals surface area (Å²) in [6.45, 7) is 3.17. The third kappa shape index (κ3) is 13.6. The van der Waals surface area contributed by atoms with Crippen LogP contribution in [0.1, 0.15) is 91.4 Å². The molecule has 1 aliphatic rings. The molecule has 0 bridgehead atoms. The third-order valence-electron chi connectivity index (χ3n) is 7.32. The first-order chi connectivity index (χ1) is 22.0. The highest BCUT2D eigenvalue weighted by atomic mass is 32.1. The molecule has 0 fully saturated rings. The molecule has 4 aromatic rings. The van der Waals surface area contributed by atoms with E-state index in [-0.39, 0.29) is 25.1 Å². The van der Waals surface area contributed by atoms with Gasteiger partial charge in [-0.15, -0.1) is 12.3 Å². The van der Waals surface area contributed by atoms with E-state index in [1.807, 2.05) is 48.5 Å². The molecule has 4 aromatic carbocycles. The van der Waals surface area contributed by atoms with Crippen LogP contribution in [0.2, 0.25) is 0 Å². The van der Waals surface area contributed by atoms with Crippen molar-refractivity contribution in [2.75, 3.05) is 0 Å². The van der Waals surface area contributed by atoms with Gasteiger partial charge in [0.25, 0.3) is 0 Å². The Morgan fingerprint density at radius 1 is 0.761 bits per heavy atom. The van der Waals surface area contributed by atoms with Crippen molar-refractivity contribution in [2.24, 2.45) is 0 Å². The number of unbranched alkanes of at least 4 members (excludes halogenated alkanes) is 4. The normalized spacial score (nSPS) is 11.2. The molecule has 0 amide bonds. The Morgan fingerprint density at radius 3 is 1.89 bits per heavy atom. The van der Waals surface area contributed by atoms with Gasteiger partial charge in [0, 0.05) is 25.3 Å². The van der Waals surface area contributed by atoms with Crippen LogP contribution in [0.3, 0.4) is 0 Å². The summed E-state index contributed by atoms with van der Waals surface area (Å²) in [6.07, 6.45) is 22.9. The molecule has 0 saturated heterocycles. The Hall–Kier alpha value is -4.57. The lowest BCUT2D eigenvalue weighted by atomic mass is 9.93. The van der Waals surface area contributed by atoms with Gasteiger partial charge in [-0.3, -0.25) is 9.59 Å². The van der Waals surface area contributed by atoms with Crippen LogP contribution in [0.4, 0.5) is 0 Å². The Labute approximate surface area is 283 Å². The van der Waals surface area contributed by atoms with Crippen molar-refractivity contribution in [1.29, 1.82) is 0 Å². The van der Waals surface area contributed by atoms with E-state index in [1.54, 1.807) is 6.92 Å². The van der Waals surface area contributed by atoms with Gasteiger partial charge >= 0.3 is 0 Å². The second kappa shape index (κ2) is 22.0. The van der Waals surface area contributed by atoms with Crippen molar-refractivity contribution in [3.05, 3.63) is 131 Å². The highest BCUT2D eigenvalue weighted by Gasteiger charge is 2.19. The number of carbonyl (C=O) groups excluding carboxylic acids is 2. The van der Waals surface area contributed by atoms with Gasteiger partial charge in [-0.2, -0.15) is 13.5 Å². The minimum absolute atomic E-state index is 0. The van der Waals surface area contributed by atoms with Crippen molar-refractivity contribution < 1.29 is 9.59 Å². The van der Waals surface area contributed by atoms with Crippen LogP contribution in [-0.4, -0.2) is 11.6 Å². The van der Waals surface area contributed by atoms with Crippen molar-refractivity contribution in [1.82, 2.24) is 0 Å². The first kappa shape index (κ1) is 37.6. The minimum atomic E-state index is -0.0557. The van der Waals surface area contributed by atoms with Crippen LogP contribution < -0.4 is 0 Å². The summed E-state index contributed by atoms with van der Waals surface area (Å²) in [5.74, 6) is 8.17. The van der Waals surface area contributed by atoms with Crippen LogP contribution >= 0.6 is 13.5 Å². The molecule has 5 rings (SSSR count). The molecule has 46 heavy (non-hydrogen) atoms. The first-order valence-electron chi connectivity index (χ1n) is 15.9. The smallest absolute Gasteiger partial charge is 0.202 e. The van der Waals surface area contributed by atoms with Gasteiger partial charge in [0.2, 0.25) is 5.78 Å². The van der Waals surface area contributed by atoms with Gasteiger partial charge in [-0.25, -0.2) is 0 Å². The molecule has 2 nitrogen and oxygen atoms in total. The Morgan fingerprint density at radius 2 is 1.33 bits per heavy atom. The molecule has 0 radical (unpaired) electrons. The van der Waals surface area contributed by atoms with E-state index in [0.29, 0.717) is 0 Å². The van der Waals surface area contributed by atoms with Gasteiger partial charge in [-0.05, 0) is 90.8 Å². The zero-order valence-corrected chi connectivity index (χ0v) is 28.2. The first-order valence-corrected chi connectivity index (χ1v) is 15.9. The maximum atomic E-state index is 11.8. The molecule has 3 heteroatoms. The molecule has 0 N–H and O–H groups in total. The predicted octanol–water partition coefficient (Wildman–Crippen LogP) is 10.6. The number of terminal acetylenes is 1. The average Bonchev–Trinajstić information content (AvgIpc) is 3.52. The molecule has 0 spiro atoms. The quantitative estimate of drug-likeness (QED) is 0.0802. The number of rotatable bonds is 9. The van der Waals surface area contributed by atoms with E-state index in [1.165, 1.54) is 41.0 Å². The van der Waals surface area contributed by atoms with E-state index >= 15 is 0 Å². The predicted molar refractivity (Wildman–Crippen MR) is 202 cm³/mol. The van der Waals surface area contributed by atoms with Gasteiger partial charge in [0.1, 0.15) is 0 Å². The number of ketones is 2. The highest BCUT2D eigenvalue weighted by Crippen LogP contribution is 2.32. The molecule has 0 heterocycles. The highest BCUT2D eigenvalue weighted by molar-refractivity contribution is 7.59. The molecule has 0 unspecified atom stereocenters. The standard InChI is InChI=1S/C15H14O.C15H16O.C13H14.H2S/c1-10(16)15-13-7-3-2-5-11(13)9-12-6-4-8-14(12)15;1-14(16)10-6-3-2-4-7-11-15-12-8-5-9-13-15;1-2-3-4-5-7-10-13-11-8-6-9-12-13;/h2-3,5,7,9H,4,6,8H2,1H3;5,7-9,11-13H,2-4H2,1H3;1,6-12H,3-5H2;1H2/b;11-7+;10-7+;. The SMILES string of the molecule is C#CCCC/C=C/c1ccccc1.CC(=O)C#CCCC/C=C/c1ccccc1.CC(=O)c1c2c(cc3ccccc13)CCC2.S. The van der Waals surface area contributed by atoms with Crippen LogP contribution in [0.5, 0.6) is 0 Å². The number of hydrogen-bond acceptors (Lipinski definition) is 2. The molecule has 0 aromatic heterocycles. The van der Waals surface area contributed by atoms with Gasteiger partial charge < -0.3 is 0 Å². The largest absolute Gasteiger partial charge is 0.294 e. The fraction of sp³-hybridized carbons (Fsp3) is 0.256. The summed E-state index contributed by atoms with van der Waals surface area (Å²) in [5.41, 5.74) is 6.11. The fourth-order valence-electron chi connectivity index (χ4n) is 5.20. The summed E-state index contributed by atoms with van der Waals surface area (Å²) in [6, 6.07) is 31.0. The van der Waals surface area contributed by atoms with Gasteiger partial charge in [-0.1, -0.05) is 121 Å². The number of Topliss-reactive ketones (excluding diaryl/α,β-unsaturated/α-hetero) is 2. The van der Waals surface area contributed by atoms with Crippen LogP contribution in [0, 0.1) is 24.2 Å². The van der Waals surface area contributed by atoms with E-state index in [0.717, 1.165) is 62.3 Å². The number of carbonyl (C=O) groups is 2. The lowest BCUT2D eigenvalue weighted by molar-refractivity contribution is -0.111. The summed E-state index contributed by atoms with van der Waals surface area (Å²) in [7, 11) is 0. The molecule has 0 saturated carbocycles. The molecular weight excluding hydrogens is 581 g/mol. The van der Waals surface area contributed by atoms with Crippen LogP contribution in [0.15, 0.2) is 103 Å². The second-order valence-electron chi connectivity index (χ2n) is 11.0. The third-order valence-corrected chi connectivity index (χ3v) is 7.32. The number of allylic oxidation sites excluding steroid dienone is 2. The Bertz CT molecular complexity index is 1680. The number of aryl methyl sites for hydroxylation is 1. The molecule has 0 atom stereocenters. The fourth-order valence-corrected chi connectivity index (χ4v) is 5.20. The van der Waals surface area contributed by atoms with Crippen LogP contribution in [-0.2, 0) is 17.6 Å². The Kier molecular flexibility index (Phi) is 18.0. The zero-order valence-electron chi connectivity index (χ0n) is 27.2. The average molecular weight is 627 g/mol. The molecule has 0 aliphatic heterocycles. The van der Waals surface area contributed by atoms with Crippen molar-refractivity contribution in [3.63, 3.8) is 0 Å². The molecule has 1 aliphatic carbocycles. The lowest BCUT2D eigenvalue weighted by Gasteiger charge is -2.10. The molecular formula is C43H46O2S. The summed E-state index contributed by atoms with van der Waals surface area (Å²) < 4.78 is 0. The van der Waals surface area contributed by atoms with Gasteiger partial charge in [0.15, 0.2) is 5.78 Å². The number of hydrogen-bond donors (Lipinski definition) is 0. The maximum Gasteiger partial charge on any atom is 0.202 e. The van der Waals surface area contributed by atoms with Crippen molar-refractivity contribution in [3.8, 4) is 24.2 Å². The van der Waals surface area contributed by atoms with Crippen LogP contribution in [0.25, 0.3) is 22.9 Å². The van der Waals surface area contributed by atoms with Crippen molar-refractivity contribution >= 4 is 48.0 Å². The Balaban J connectivity index is 0.000000239. The number of fused-ring (bicyclic) bond motifs is 2. The van der Waals surface area contributed by atoms with E-state index in [9.17, 15) is 9.59 Å². The van der Waals surface area contributed by atoms with E-state index < -0.39 is 0 Å². The summed E-state index contributed by atoms with van der Waals surface area (Å²) in [5, 5.41) is 2.32. The maximum absolute atomic E-state index is 11.8. The number of benzene rings is 4. The second-order valence-corrected chi connectivity index (χ2v) is 11.0. The zero-order chi connectivity index (χ0) is 32.1. The summed E-state index contributed by atoms with van der Waals surface area (Å²) >= 11 is 0. The molecule has 236 valence electrons. The lowest BCUT2D eigenvalue weighted by Crippen LogP contribution is -2.00. The van der Waals surface area contributed by atoms with Crippen molar-refractivity contribution in [2.45, 2.75) is 71.6 Å². The monoisotopic (exact) mass is 626 g/mol. The van der Waals surface area contributed by atoms with Gasteiger partial charge in [0.05, 0.1) is 0 Å². The van der Waals surface area contributed by atoms with E-state index in [4.69, 9.17) is 6.42 Å².